The predicted molar refractivity (Wildman–Crippen MR) is 511 cm³/mol. The van der Waals surface area contributed by atoms with E-state index in [-0.39, 0.29) is 47.3 Å². The van der Waals surface area contributed by atoms with Gasteiger partial charge in [-0.15, -0.1) is 25.5 Å². The summed E-state index contributed by atoms with van der Waals surface area (Å²) in [7, 11) is 0. The number of carbonyl (C=O) groups excluding carboxylic acids is 5. The van der Waals surface area contributed by atoms with Crippen molar-refractivity contribution < 1.29 is 37.1 Å². The van der Waals surface area contributed by atoms with E-state index >= 15 is 0 Å². The Morgan fingerprint density at radius 1 is 0.288 bits per heavy atom. The van der Waals surface area contributed by atoms with Gasteiger partial charge >= 0.3 is 6.18 Å². The second-order valence-electron chi connectivity index (χ2n) is 34.1. The molecule has 0 fully saturated rings. The molecule has 0 saturated heterocycles. The van der Waals surface area contributed by atoms with Crippen molar-refractivity contribution in [2.75, 3.05) is 0 Å². The van der Waals surface area contributed by atoms with Gasteiger partial charge in [0.1, 0.15) is 34.6 Å². The first-order chi connectivity index (χ1) is 63.7. The highest BCUT2D eigenvalue weighted by Gasteiger charge is 2.33. The minimum Gasteiger partial charge on any atom is -0.299 e. The molecule has 0 aliphatic carbocycles. The van der Waals surface area contributed by atoms with E-state index in [1.807, 2.05) is 302 Å². The Morgan fingerprint density at radius 3 is 0.848 bits per heavy atom. The lowest BCUT2D eigenvalue weighted by atomic mass is 9.98. The van der Waals surface area contributed by atoms with Gasteiger partial charge in [-0.2, -0.15) is 13.2 Å². The van der Waals surface area contributed by atoms with Crippen molar-refractivity contribution in [3.63, 3.8) is 0 Å². The maximum atomic E-state index is 13.1. The molecule has 5 heterocycles. The van der Waals surface area contributed by atoms with Crippen LogP contribution >= 0.6 is 0 Å². The van der Waals surface area contributed by atoms with Gasteiger partial charge in [-0.1, -0.05) is 267 Å². The number of halogens is 3. The van der Waals surface area contributed by atoms with E-state index in [9.17, 15) is 37.1 Å². The predicted octanol–water partition coefficient (Wildman–Crippen LogP) is 21.1. The molecule has 0 saturated carbocycles. The molecule has 674 valence electrons. The van der Waals surface area contributed by atoms with E-state index in [1.54, 1.807) is 35.5 Å². The van der Waals surface area contributed by atoms with Crippen LogP contribution in [0, 0.1) is 46.5 Å². The van der Waals surface area contributed by atoms with E-state index in [2.05, 4.69) is 86.2 Å². The molecule has 132 heavy (non-hydrogen) atoms. The van der Waals surface area contributed by atoms with E-state index in [0.29, 0.717) is 63.2 Å². The molecule has 11 aromatic carbocycles. The van der Waals surface area contributed by atoms with Gasteiger partial charge in [0.2, 0.25) is 0 Å². The molecule has 0 unspecified atom stereocenters. The smallest absolute Gasteiger partial charge is 0.299 e. The molecule has 0 aliphatic heterocycles. The average Bonchev–Trinajstić information content (AvgIpc) is 1.61. The van der Waals surface area contributed by atoms with Crippen LogP contribution in [0.2, 0.25) is 0 Å². The summed E-state index contributed by atoms with van der Waals surface area (Å²) < 4.78 is 48.0. The largest absolute Gasteiger partial charge is 0.416 e. The summed E-state index contributed by atoms with van der Waals surface area (Å²) >= 11 is 0. The minimum atomic E-state index is -4.47. The minimum absolute atomic E-state index is 0.00293. The number of aromatic nitrogens is 15. The van der Waals surface area contributed by atoms with Crippen LogP contribution in [0.15, 0.2) is 304 Å². The fraction of sp³-hybridized carbons (Fsp3) is 0.257. The van der Waals surface area contributed by atoms with Crippen molar-refractivity contribution in [3.8, 4) is 39.7 Å². The fourth-order valence-electron chi connectivity index (χ4n) is 14.7. The molecule has 0 atom stereocenters. The molecule has 16 aromatic rings. The summed E-state index contributed by atoms with van der Waals surface area (Å²) in [6, 6.07) is 86.3. The molecule has 0 radical (unpaired) electrons. The van der Waals surface area contributed by atoms with Gasteiger partial charge in [-0.3, -0.25) is 24.0 Å². The van der Waals surface area contributed by atoms with Crippen LogP contribution in [-0.2, 0) is 114 Å². The van der Waals surface area contributed by atoms with Crippen LogP contribution in [0.3, 0.4) is 0 Å². The number of alkyl halides is 3. The molecular weight excluding hydrogens is 1660 g/mol. The zero-order chi connectivity index (χ0) is 93.5. The summed E-state index contributed by atoms with van der Waals surface area (Å²) in [5.41, 5.74) is 23.4. The number of aryl methyl sites for hydroxylation is 8. The lowest BCUT2D eigenvalue weighted by Gasteiger charge is -2.12. The number of hydrogen-bond acceptors (Lipinski definition) is 15. The summed E-state index contributed by atoms with van der Waals surface area (Å²) in [6.07, 6.45) is 13.5. The fourth-order valence-corrected chi connectivity index (χ4v) is 14.7. The summed E-state index contributed by atoms with van der Waals surface area (Å²) in [4.78, 5) is 61.7. The van der Waals surface area contributed by atoms with Crippen LogP contribution in [0.4, 0.5) is 13.2 Å². The topological polar surface area (TPSA) is 239 Å². The van der Waals surface area contributed by atoms with E-state index in [1.165, 1.54) is 29.3 Å². The lowest BCUT2D eigenvalue weighted by molar-refractivity contribution is -0.138. The Bertz CT molecular complexity index is 6430. The van der Waals surface area contributed by atoms with Crippen molar-refractivity contribution in [3.05, 3.63) is 410 Å². The summed E-state index contributed by atoms with van der Waals surface area (Å²) in [5, 5.41) is 41.5. The Balaban J connectivity index is 0.000000149. The molecule has 0 amide bonds. The van der Waals surface area contributed by atoms with Crippen LogP contribution in [0.25, 0.3) is 39.7 Å². The van der Waals surface area contributed by atoms with Crippen molar-refractivity contribution in [2.45, 2.75) is 172 Å². The van der Waals surface area contributed by atoms with E-state index in [4.69, 9.17) is 0 Å². The molecule has 20 nitrogen and oxygen atoms in total. The molecule has 0 bridgehead atoms. The van der Waals surface area contributed by atoms with Gasteiger partial charge in [0.25, 0.3) is 0 Å². The maximum Gasteiger partial charge on any atom is 0.416 e. The SMILES string of the molecule is CC(C)CCc1cn(-c2ccc(CC(=O)Cc3ccccc3C(F)(F)F)cc2)nn1.CCc1cn(-c2ccc(CC(=O)Cc3ccccc3C)cc2)nn1.Cc1ccccc1CC(=O)Cc1ccc(-n2cc(-c3ccccc3)nn2)cc1.Cc1ccccc1CC(=O)Cc1ccc(-n2cc(CCC(C)C)nn2)cc1.Cc1cn(-c2ccc(CC(=O)Cc3ccccc3C)cc2)nn1. The van der Waals surface area contributed by atoms with Gasteiger partial charge in [0, 0.05) is 69.8 Å². The Hall–Kier alpha value is -14.7. The number of ketones is 5. The number of benzene rings is 11. The third-order valence-electron chi connectivity index (χ3n) is 22.4. The first kappa shape index (κ1) is 96.3. The van der Waals surface area contributed by atoms with Crippen LogP contribution in [0.5, 0.6) is 0 Å². The summed E-state index contributed by atoms with van der Waals surface area (Å²) in [5.74, 6) is 1.88. The van der Waals surface area contributed by atoms with Gasteiger partial charge in [-0.05, 0) is 223 Å². The number of rotatable bonds is 33. The second kappa shape index (κ2) is 47.5. The average molecular weight is 1770 g/mol. The number of Topliss-reactive ketones (excluding diaryl/α,β-unsaturated/α-hetero) is 5. The van der Waals surface area contributed by atoms with Crippen molar-refractivity contribution in [1.82, 2.24) is 75.0 Å². The second-order valence-corrected chi connectivity index (χ2v) is 34.1. The third-order valence-corrected chi connectivity index (χ3v) is 22.4. The van der Waals surface area contributed by atoms with Crippen molar-refractivity contribution >= 4 is 28.9 Å². The van der Waals surface area contributed by atoms with Crippen molar-refractivity contribution in [1.29, 1.82) is 0 Å². The highest BCUT2D eigenvalue weighted by Crippen LogP contribution is 2.33. The molecule has 0 aliphatic rings. The lowest BCUT2D eigenvalue weighted by Crippen LogP contribution is -2.13. The zero-order valence-electron chi connectivity index (χ0n) is 76.5. The maximum absolute atomic E-state index is 13.1. The van der Waals surface area contributed by atoms with Crippen LogP contribution in [0.1, 0.15) is 154 Å². The molecular formula is C109H112F3N15O5. The standard InChI is InChI=1S/C24H21N3O.C23H24F3N3O.C23H27N3O.C20H21N3O.C19H19N3O/c1-18-7-5-6-10-21(18)16-23(28)15-19-11-13-22(14-12-19)27-17-24(25-26-27)20-8-3-2-4-9-20;1-16(2)7-10-19-15-29(28-27-19)20-11-8-17(9-12-20)13-21(30)14-18-5-3-4-6-22(18)23(24,25)26;1-17(2)8-11-21-16-26(25-24-21)22-12-9-19(10-13-22)14-23(27)15-20-7-5-4-6-18(20)3;1-3-18-14-23(22-21-18)19-10-8-16(9-11-19)12-20(24)13-17-7-5-4-6-15(17)2;1-14-5-3-4-6-17(14)12-19(23)11-16-7-9-18(10-8-16)22-13-15(2)20-21-22/h2-14,17H,15-16H2,1H3;3-6,8-9,11-12,15-16H,7,10,13-14H2,1-2H3;4-7,9-10,12-13,16-17H,8,11,14-15H2,1-3H3;4-11,14H,3,12-13H2,1-2H3;3-10,13H,11-12H2,1-2H3. The summed E-state index contributed by atoms with van der Waals surface area (Å²) in [6.45, 7) is 20.9. The number of nitrogens with zero attached hydrogens (tertiary/aromatic N) is 15. The monoisotopic (exact) mass is 1770 g/mol. The van der Waals surface area contributed by atoms with Crippen LogP contribution < -0.4 is 0 Å². The molecule has 5 aromatic heterocycles. The van der Waals surface area contributed by atoms with E-state index < -0.39 is 11.7 Å². The quantitative estimate of drug-likeness (QED) is 0.0372. The Labute approximate surface area is 770 Å². The number of carbonyl (C=O) groups is 5. The molecule has 23 heteroatoms. The van der Waals surface area contributed by atoms with E-state index in [0.717, 1.165) is 162 Å². The normalized spacial score (nSPS) is 11.1. The molecule has 16 rings (SSSR count). The van der Waals surface area contributed by atoms with Gasteiger partial charge < -0.3 is 0 Å². The van der Waals surface area contributed by atoms with Crippen molar-refractivity contribution in [2.24, 2.45) is 11.8 Å². The Kier molecular flexibility index (Phi) is 34.7. The highest BCUT2D eigenvalue weighted by atomic mass is 19.4. The zero-order valence-corrected chi connectivity index (χ0v) is 76.5. The molecule has 0 N–H and O–H groups in total. The Morgan fingerprint density at radius 2 is 0.553 bits per heavy atom. The molecule has 0 spiro atoms. The number of hydrogen-bond donors (Lipinski definition) is 0. The highest BCUT2D eigenvalue weighted by molar-refractivity contribution is 5.86. The van der Waals surface area contributed by atoms with Gasteiger partial charge in [0.05, 0.1) is 87.8 Å². The van der Waals surface area contributed by atoms with Gasteiger partial charge in [-0.25, -0.2) is 23.4 Å². The first-order valence-corrected chi connectivity index (χ1v) is 44.7. The third kappa shape index (κ3) is 29.7. The van der Waals surface area contributed by atoms with Gasteiger partial charge in [0.15, 0.2) is 0 Å². The van der Waals surface area contributed by atoms with Crippen LogP contribution in [-0.4, -0.2) is 104 Å². The first-order valence-electron chi connectivity index (χ1n) is 44.7.